The Hall–Kier alpha value is -1.14. The van der Waals surface area contributed by atoms with E-state index in [1.54, 1.807) is 0 Å². The van der Waals surface area contributed by atoms with Crippen molar-refractivity contribution in [2.45, 2.75) is 56.3 Å². The smallest absolute Gasteiger partial charge is 0.197 e. The van der Waals surface area contributed by atoms with Crippen molar-refractivity contribution in [1.82, 2.24) is 24.7 Å². The number of fused-ring (bicyclic) bond motifs is 1. The van der Waals surface area contributed by atoms with E-state index in [0.29, 0.717) is 11.0 Å². The molecule has 0 saturated heterocycles. The monoisotopic (exact) mass is 309 g/mol. The van der Waals surface area contributed by atoms with Crippen LogP contribution >= 0.6 is 23.4 Å². The highest BCUT2D eigenvalue weighted by atomic mass is 35.5. The van der Waals surface area contributed by atoms with Gasteiger partial charge in [-0.15, -0.1) is 10.2 Å². The predicted molar refractivity (Wildman–Crippen MR) is 78.2 cm³/mol. The third kappa shape index (κ3) is 2.67. The average molecular weight is 310 g/mol. The maximum atomic E-state index is 6.12. The normalized spacial score (nSPS) is 14.9. The minimum atomic E-state index is 0.510. The van der Waals surface area contributed by atoms with Crippen LogP contribution in [0, 0.1) is 13.8 Å². The predicted octanol–water partition coefficient (Wildman–Crippen LogP) is 3.22. The van der Waals surface area contributed by atoms with Crippen LogP contribution in [-0.2, 0) is 13.0 Å². The molecule has 0 N–H and O–H groups in total. The van der Waals surface area contributed by atoms with E-state index in [2.05, 4.69) is 24.7 Å². The lowest BCUT2D eigenvalue weighted by Gasteiger charge is -2.08. The summed E-state index contributed by atoms with van der Waals surface area (Å²) in [6, 6.07) is 0. The third-order valence-corrected chi connectivity index (χ3v) is 4.86. The zero-order chi connectivity index (χ0) is 14.1. The molecular weight excluding hydrogens is 294 g/mol. The van der Waals surface area contributed by atoms with E-state index >= 15 is 0 Å². The highest BCUT2D eigenvalue weighted by Crippen LogP contribution is 2.31. The van der Waals surface area contributed by atoms with E-state index in [1.807, 2.05) is 13.8 Å². The van der Waals surface area contributed by atoms with Crippen molar-refractivity contribution >= 4 is 23.4 Å². The molecular formula is C13H16ClN5S. The van der Waals surface area contributed by atoms with Gasteiger partial charge in [-0.25, -0.2) is 9.97 Å². The van der Waals surface area contributed by atoms with Crippen molar-refractivity contribution in [3.05, 3.63) is 22.4 Å². The summed E-state index contributed by atoms with van der Waals surface area (Å²) in [6.45, 7) is 4.77. The minimum Gasteiger partial charge on any atom is -0.306 e. The van der Waals surface area contributed by atoms with E-state index in [4.69, 9.17) is 11.6 Å². The van der Waals surface area contributed by atoms with Crippen molar-refractivity contribution in [3.63, 3.8) is 0 Å². The molecule has 0 spiro atoms. The van der Waals surface area contributed by atoms with Crippen molar-refractivity contribution in [2.75, 3.05) is 0 Å². The first-order valence-electron chi connectivity index (χ1n) is 6.76. The summed E-state index contributed by atoms with van der Waals surface area (Å²) in [5.74, 6) is 1.76. The summed E-state index contributed by atoms with van der Waals surface area (Å²) in [5.41, 5.74) is 0.897. The third-order valence-electron chi connectivity index (χ3n) is 3.42. The number of halogens is 1. The molecule has 0 saturated carbocycles. The Labute approximate surface area is 127 Å². The number of rotatable bonds is 2. The van der Waals surface area contributed by atoms with Gasteiger partial charge >= 0.3 is 0 Å². The lowest BCUT2D eigenvalue weighted by Crippen LogP contribution is -2.03. The highest BCUT2D eigenvalue weighted by molar-refractivity contribution is 7.99. The van der Waals surface area contributed by atoms with Gasteiger partial charge in [0.15, 0.2) is 5.16 Å². The Bertz CT molecular complexity index is 640. The molecule has 2 aromatic heterocycles. The number of nitrogens with zero attached hydrogens (tertiary/aromatic N) is 5. The topological polar surface area (TPSA) is 56.5 Å². The Morgan fingerprint density at radius 1 is 1.10 bits per heavy atom. The van der Waals surface area contributed by atoms with Gasteiger partial charge in [-0.05, 0) is 38.5 Å². The first-order chi connectivity index (χ1) is 9.65. The Balaban J connectivity index is 1.94. The second kappa shape index (κ2) is 5.69. The molecule has 1 aliphatic rings. The maximum absolute atomic E-state index is 6.12. The summed E-state index contributed by atoms with van der Waals surface area (Å²) < 4.78 is 2.21. The van der Waals surface area contributed by atoms with Crippen LogP contribution in [-0.4, -0.2) is 24.7 Å². The maximum Gasteiger partial charge on any atom is 0.197 e. The van der Waals surface area contributed by atoms with Crippen LogP contribution in [0.1, 0.15) is 36.5 Å². The van der Waals surface area contributed by atoms with Gasteiger partial charge < -0.3 is 4.57 Å². The molecule has 0 amide bonds. The van der Waals surface area contributed by atoms with Crippen LogP contribution in [0.4, 0.5) is 0 Å². The van der Waals surface area contributed by atoms with Crippen molar-refractivity contribution in [3.8, 4) is 0 Å². The Kier molecular flexibility index (Phi) is 3.94. The first-order valence-corrected chi connectivity index (χ1v) is 7.95. The second-order valence-electron chi connectivity index (χ2n) is 4.95. The van der Waals surface area contributed by atoms with E-state index in [9.17, 15) is 0 Å². The fraction of sp³-hybridized carbons (Fsp3) is 0.538. The summed E-state index contributed by atoms with van der Waals surface area (Å²) >= 11 is 7.65. The Morgan fingerprint density at radius 2 is 1.95 bits per heavy atom. The van der Waals surface area contributed by atoms with Gasteiger partial charge in [-0.2, -0.15) is 0 Å². The van der Waals surface area contributed by atoms with Crippen LogP contribution in [0.25, 0.3) is 0 Å². The zero-order valence-electron chi connectivity index (χ0n) is 11.6. The molecule has 3 rings (SSSR count). The van der Waals surface area contributed by atoms with Crippen LogP contribution in [0.15, 0.2) is 10.2 Å². The molecule has 0 bridgehead atoms. The Morgan fingerprint density at radius 3 is 2.80 bits per heavy atom. The molecule has 106 valence electrons. The molecule has 0 atom stereocenters. The molecule has 2 aromatic rings. The number of aromatic nitrogens is 5. The van der Waals surface area contributed by atoms with E-state index in [0.717, 1.165) is 34.5 Å². The molecule has 0 aromatic carbocycles. The molecule has 7 heteroatoms. The fourth-order valence-electron chi connectivity index (χ4n) is 2.29. The summed E-state index contributed by atoms with van der Waals surface area (Å²) in [7, 11) is 0. The largest absolute Gasteiger partial charge is 0.306 e. The molecule has 5 nitrogen and oxygen atoms in total. The van der Waals surface area contributed by atoms with Crippen LogP contribution in [0.5, 0.6) is 0 Å². The molecule has 0 fully saturated rings. The number of aryl methyl sites for hydroxylation is 2. The molecule has 3 heterocycles. The lowest BCUT2D eigenvalue weighted by atomic mass is 10.2. The van der Waals surface area contributed by atoms with Gasteiger partial charge in [0.05, 0.1) is 0 Å². The fourth-order valence-corrected chi connectivity index (χ4v) is 3.55. The zero-order valence-corrected chi connectivity index (χ0v) is 13.1. The second-order valence-corrected chi connectivity index (χ2v) is 6.27. The van der Waals surface area contributed by atoms with E-state index < -0.39 is 0 Å². The van der Waals surface area contributed by atoms with Crippen molar-refractivity contribution < 1.29 is 0 Å². The van der Waals surface area contributed by atoms with Gasteiger partial charge in [-0.3, -0.25) is 0 Å². The molecule has 1 aliphatic heterocycles. The SMILES string of the molecule is Cc1nc(Cl)c(C)c(Sc2nnc3n2CCCCC3)n1. The molecule has 0 radical (unpaired) electrons. The van der Waals surface area contributed by atoms with Crippen LogP contribution in [0.3, 0.4) is 0 Å². The number of hydrogen-bond donors (Lipinski definition) is 0. The molecule has 20 heavy (non-hydrogen) atoms. The minimum absolute atomic E-state index is 0.510. The van der Waals surface area contributed by atoms with Gasteiger partial charge in [0.1, 0.15) is 21.8 Å². The van der Waals surface area contributed by atoms with Crippen LogP contribution in [0.2, 0.25) is 5.15 Å². The quantitative estimate of drug-likeness (QED) is 0.797. The van der Waals surface area contributed by atoms with Crippen LogP contribution < -0.4 is 0 Å². The average Bonchev–Trinajstić information content (AvgIpc) is 2.64. The highest BCUT2D eigenvalue weighted by Gasteiger charge is 2.18. The lowest BCUT2D eigenvalue weighted by molar-refractivity contribution is 0.590. The van der Waals surface area contributed by atoms with Crippen molar-refractivity contribution in [1.29, 1.82) is 0 Å². The summed E-state index contributed by atoms with van der Waals surface area (Å²) in [6.07, 6.45) is 4.64. The van der Waals surface area contributed by atoms with E-state index in [-0.39, 0.29) is 0 Å². The van der Waals surface area contributed by atoms with E-state index in [1.165, 1.54) is 31.0 Å². The summed E-state index contributed by atoms with van der Waals surface area (Å²) in [4.78, 5) is 8.63. The van der Waals surface area contributed by atoms with Gasteiger partial charge in [0, 0.05) is 18.5 Å². The summed E-state index contributed by atoms with van der Waals surface area (Å²) in [5, 5.41) is 10.9. The standard InChI is InChI=1S/C13H16ClN5S/c1-8-11(14)15-9(2)16-12(8)20-13-18-17-10-6-4-3-5-7-19(10)13/h3-7H2,1-2H3. The number of hydrogen-bond acceptors (Lipinski definition) is 5. The van der Waals surface area contributed by atoms with Crippen molar-refractivity contribution in [2.24, 2.45) is 0 Å². The molecule has 0 unspecified atom stereocenters. The van der Waals surface area contributed by atoms with Gasteiger partial charge in [-0.1, -0.05) is 18.0 Å². The van der Waals surface area contributed by atoms with Gasteiger partial charge in [0.25, 0.3) is 0 Å². The first kappa shape index (κ1) is 13.8. The van der Waals surface area contributed by atoms with Gasteiger partial charge in [0.2, 0.25) is 0 Å². The molecule has 0 aliphatic carbocycles.